The lowest BCUT2D eigenvalue weighted by atomic mass is 10.3. The molecule has 0 bridgehead atoms. The molecule has 1 aromatic rings. The van der Waals surface area contributed by atoms with E-state index >= 15 is 0 Å². The summed E-state index contributed by atoms with van der Waals surface area (Å²) in [5.41, 5.74) is -1.18. The Bertz CT molecular complexity index is 422. The van der Waals surface area contributed by atoms with Gasteiger partial charge in [0.2, 0.25) is 17.4 Å². The van der Waals surface area contributed by atoms with Crippen LogP contribution in [0.4, 0.5) is 0 Å². The van der Waals surface area contributed by atoms with E-state index in [2.05, 4.69) is 9.97 Å². The molecule has 1 aliphatic rings. The van der Waals surface area contributed by atoms with E-state index in [-0.39, 0.29) is 17.8 Å². The standard InChI is InChI=1S/C10H12N2O5/c1-15-6-5-7(16-2)12-9(11-6)17-10(3-4-10)8(13)14/h5H,3-4H2,1-2H3,(H,13,14). The molecule has 1 aliphatic carbocycles. The zero-order chi connectivity index (χ0) is 12.5. The van der Waals surface area contributed by atoms with Gasteiger partial charge in [-0.25, -0.2) is 4.79 Å². The van der Waals surface area contributed by atoms with Crippen molar-refractivity contribution < 1.29 is 24.1 Å². The van der Waals surface area contributed by atoms with E-state index in [1.807, 2.05) is 0 Å². The third-order valence-electron chi connectivity index (χ3n) is 2.46. The van der Waals surface area contributed by atoms with Crippen molar-refractivity contribution in [3.63, 3.8) is 0 Å². The Kier molecular flexibility index (Phi) is 2.74. The monoisotopic (exact) mass is 240 g/mol. The van der Waals surface area contributed by atoms with E-state index in [0.717, 1.165) is 0 Å². The van der Waals surface area contributed by atoms with Crippen LogP contribution in [-0.4, -0.2) is 40.9 Å². The van der Waals surface area contributed by atoms with Gasteiger partial charge in [0.15, 0.2) is 0 Å². The lowest BCUT2D eigenvalue weighted by molar-refractivity contribution is -0.147. The van der Waals surface area contributed by atoms with Gasteiger partial charge in [0.1, 0.15) is 0 Å². The molecule has 1 aromatic heterocycles. The molecule has 0 unspecified atom stereocenters. The summed E-state index contributed by atoms with van der Waals surface area (Å²) in [5.74, 6) is -0.496. The first-order valence-corrected chi connectivity index (χ1v) is 4.99. The number of methoxy groups -OCH3 is 2. The van der Waals surface area contributed by atoms with Gasteiger partial charge in [0.25, 0.3) is 0 Å². The fraction of sp³-hybridized carbons (Fsp3) is 0.500. The molecule has 17 heavy (non-hydrogen) atoms. The van der Waals surface area contributed by atoms with Crippen molar-refractivity contribution in [1.82, 2.24) is 9.97 Å². The molecule has 2 rings (SSSR count). The van der Waals surface area contributed by atoms with Gasteiger partial charge in [-0.3, -0.25) is 0 Å². The number of ether oxygens (including phenoxy) is 3. The molecule has 1 heterocycles. The highest BCUT2D eigenvalue weighted by molar-refractivity contribution is 5.81. The zero-order valence-electron chi connectivity index (χ0n) is 9.47. The molecule has 1 saturated carbocycles. The summed E-state index contributed by atoms with van der Waals surface area (Å²) >= 11 is 0. The zero-order valence-corrected chi connectivity index (χ0v) is 9.47. The van der Waals surface area contributed by atoms with Crippen LogP contribution in [0.3, 0.4) is 0 Å². The van der Waals surface area contributed by atoms with Gasteiger partial charge in [-0.05, 0) is 0 Å². The normalized spacial score (nSPS) is 16.1. The molecule has 0 aromatic carbocycles. The highest BCUT2D eigenvalue weighted by Gasteiger charge is 2.54. The van der Waals surface area contributed by atoms with Crippen LogP contribution in [0.2, 0.25) is 0 Å². The van der Waals surface area contributed by atoms with Crippen molar-refractivity contribution >= 4 is 5.97 Å². The average molecular weight is 240 g/mol. The van der Waals surface area contributed by atoms with E-state index in [0.29, 0.717) is 12.8 Å². The third kappa shape index (κ3) is 2.22. The quantitative estimate of drug-likeness (QED) is 0.800. The molecule has 1 fully saturated rings. The number of rotatable bonds is 5. The molecule has 1 N–H and O–H groups in total. The number of hydrogen-bond acceptors (Lipinski definition) is 6. The fourth-order valence-electron chi connectivity index (χ4n) is 1.29. The van der Waals surface area contributed by atoms with E-state index in [4.69, 9.17) is 19.3 Å². The smallest absolute Gasteiger partial charge is 0.348 e. The minimum atomic E-state index is -1.18. The number of hydrogen-bond donors (Lipinski definition) is 1. The van der Waals surface area contributed by atoms with Crippen LogP contribution < -0.4 is 14.2 Å². The number of aromatic nitrogens is 2. The fourth-order valence-corrected chi connectivity index (χ4v) is 1.29. The average Bonchev–Trinajstić information content (AvgIpc) is 3.09. The molecule has 0 amide bonds. The molecule has 0 aliphatic heterocycles. The largest absolute Gasteiger partial charge is 0.481 e. The Hall–Kier alpha value is -2.05. The number of nitrogens with zero attached hydrogens (tertiary/aromatic N) is 2. The molecular formula is C10H12N2O5. The molecule has 92 valence electrons. The molecule has 7 nitrogen and oxygen atoms in total. The number of carbonyl (C=O) groups is 1. The van der Waals surface area contributed by atoms with Crippen molar-refractivity contribution in [3.8, 4) is 17.8 Å². The third-order valence-corrected chi connectivity index (χ3v) is 2.46. The van der Waals surface area contributed by atoms with Crippen molar-refractivity contribution in [3.05, 3.63) is 6.07 Å². The summed E-state index contributed by atoms with van der Waals surface area (Å²) in [6.45, 7) is 0. The van der Waals surface area contributed by atoms with Gasteiger partial charge in [0.05, 0.1) is 20.3 Å². The second-order valence-electron chi connectivity index (χ2n) is 3.64. The number of carboxylic acid groups (broad SMARTS) is 1. The van der Waals surface area contributed by atoms with Crippen LogP contribution >= 0.6 is 0 Å². The lowest BCUT2D eigenvalue weighted by Crippen LogP contribution is -2.29. The lowest BCUT2D eigenvalue weighted by Gasteiger charge is -2.12. The summed E-state index contributed by atoms with van der Waals surface area (Å²) < 4.78 is 15.1. The second-order valence-corrected chi connectivity index (χ2v) is 3.64. The van der Waals surface area contributed by atoms with E-state index in [1.54, 1.807) is 0 Å². The Morgan fingerprint density at radius 2 is 1.82 bits per heavy atom. The molecular weight excluding hydrogens is 228 g/mol. The highest BCUT2D eigenvalue weighted by atomic mass is 16.6. The summed E-state index contributed by atoms with van der Waals surface area (Å²) in [6, 6.07) is 1.42. The molecule has 7 heteroatoms. The van der Waals surface area contributed by atoms with Crippen molar-refractivity contribution in [2.75, 3.05) is 14.2 Å². The summed E-state index contributed by atoms with van der Waals surface area (Å²) in [4.78, 5) is 18.8. The first-order chi connectivity index (χ1) is 8.09. The van der Waals surface area contributed by atoms with Gasteiger partial charge in [-0.1, -0.05) is 0 Å². The topological polar surface area (TPSA) is 90.8 Å². The predicted octanol–water partition coefficient (Wildman–Crippen LogP) is 0.490. The maximum Gasteiger partial charge on any atom is 0.348 e. The SMILES string of the molecule is COc1cc(OC)nc(OC2(C(=O)O)CC2)n1. The van der Waals surface area contributed by atoms with Gasteiger partial charge in [-0.2, -0.15) is 9.97 Å². The molecule has 0 radical (unpaired) electrons. The molecule has 0 saturated heterocycles. The van der Waals surface area contributed by atoms with Gasteiger partial charge >= 0.3 is 12.0 Å². The van der Waals surface area contributed by atoms with E-state index < -0.39 is 11.6 Å². The number of carboxylic acids is 1. The first-order valence-electron chi connectivity index (χ1n) is 4.99. The minimum Gasteiger partial charge on any atom is -0.481 e. The van der Waals surface area contributed by atoms with E-state index in [9.17, 15) is 4.79 Å². The maximum atomic E-state index is 11.0. The van der Waals surface area contributed by atoms with Crippen LogP contribution in [0.25, 0.3) is 0 Å². The maximum absolute atomic E-state index is 11.0. The van der Waals surface area contributed by atoms with Gasteiger partial charge in [0, 0.05) is 12.8 Å². The van der Waals surface area contributed by atoms with Crippen LogP contribution in [0.5, 0.6) is 17.8 Å². The number of aliphatic carboxylic acids is 1. The van der Waals surface area contributed by atoms with Gasteiger partial charge < -0.3 is 19.3 Å². The highest BCUT2D eigenvalue weighted by Crippen LogP contribution is 2.40. The molecule has 0 spiro atoms. The van der Waals surface area contributed by atoms with E-state index in [1.165, 1.54) is 20.3 Å². The van der Waals surface area contributed by atoms with Crippen molar-refractivity contribution in [1.29, 1.82) is 0 Å². The molecule has 0 atom stereocenters. The summed E-state index contributed by atoms with van der Waals surface area (Å²) in [5, 5.41) is 8.98. The van der Waals surface area contributed by atoms with Crippen LogP contribution in [-0.2, 0) is 4.79 Å². The van der Waals surface area contributed by atoms with Gasteiger partial charge in [-0.15, -0.1) is 0 Å². The Morgan fingerprint density at radius 1 is 1.29 bits per heavy atom. The Balaban J connectivity index is 2.23. The predicted molar refractivity (Wildman–Crippen MR) is 55.4 cm³/mol. The van der Waals surface area contributed by atoms with Crippen LogP contribution in [0.1, 0.15) is 12.8 Å². The minimum absolute atomic E-state index is 0.0545. The summed E-state index contributed by atoms with van der Waals surface area (Å²) in [7, 11) is 2.88. The van der Waals surface area contributed by atoms with Crippen molar-refractivity contribution in [2.24, 2.45) is 0 Å². The Labute approximate surface area is 97.4 Å². The van der Waals surface area contributed by atoms with Crippen molar-refractivity contribution in [2.45, 2.75) is 18.4 Å². The second kappa shape index (κ2) is 4.08. The van der Waals surface area contributed by atoms with Crippen LogP contribution in [0, 0.1) is 0 Å². The van der Waals surface area contributed by atoms with Crippen LogP contribution in [0.15, 0.2) is 6.07 Å². The summed E-state index contributed by atoms with van der Waals surface area (Å²) in [6.07, 6.45) is 0.899. The Morgan fingerprint density at radius 3 is 2.18 bits per heavy atom. The first kappa shape index (κ1) is 11.4.